The van der Waals surface area contributed by atoms with E-state index in [2.05, 4.69) is 39.5 Å². The lowest BCUT2D eigenvalue weighted by Gasteiger charge is -2.22. The minimum absolute atomic E-state index is 0.0407. The van der Waals surface area contributed by atoms with Gasteiger partial charge in [0.15, 0.2) is 0 Å². The van der Waals surface area contributed by atoms with Gasteiger partial charge < -0.3 is 0 Å². The van der Waals surface area contributed by atoms with Gasteiger partial charge in [-0.05, 0) is 22.1 Å². The van der Waals surface area contributed by atoms with Gasteiger partial charge in [-0.3, -0.25) is 4.39 Å². The number of alkyl halides is 1. The molecule has 0 saturated heterocycles. The Morgan fingerprint density at radius 3 is 2.38 bits per heavy atom. The van der Waals surface area contributed by atoms with E-state index < -0.39 is 0 Å². The second-order valence-electron chi connectivity index (χ2n) is 5.40. The molecule has 0 amide bonds. The molecule has 0 fully saturated rings. The summed E-state index contributed by atoms with van der Waals surface area (Å²) in [5, 5.41) is 0. The normalized spacial score (nSPS) is 13.6. The van der Waals surface area contributed by atoms with Crippen molar-refractivity contribution in [3.05, 3.63) is 41.5 Å². The molecule has 0 aliphatic heterocycles. The fourth-order valence-electron chi connectivity index (χ4n) is 1.60. The first-order chi connectivity index (χ1) is 7.38. The Labute approximate surface area is 98.2 Å². The van der Waals surface area contributed by atoms with Crippen LogP contribution < -0.4 is 0 Å². The van der Waals surface area contributed by atoms with Gasteiger partial charge in [0.25, 0.3) is 0 Å². The van der Waals surface area contributed by atoms with Gasteiger partial charge in [-0.2, -0.15) is 0 Å². The zero-order valence-corrected chi connectivity index (χ0v) is 10.7. The monoisotopic (exact) mass is 220 g/mol. The van der Waals surface area contributed by atoms with Crippen molar-refractivity contribution in [2.24, 2.45) is 0 Å². The van der Waals surface area contributed by atoms with E-state index in [4.69, 9.17) is 0 Å². The summed E-state index contributed by atoms with van der Waals surface area (Å²) in [5.74, 6) is -0.0407. The predicted octanol–water partition coefficient (Wildman–Crippen LogP) is 4.70. The Bertz CT molecular complexity index is 372. The van der Waals surface area contributed by atoms with E-state index in [0.717, 1.165) is 11.1 Å². The Kier molecular flexibility index (Phi) is 3.90. The van der Waals surface area contributed by atoms with Gasteiger partial charge in [0.1, 0.15) is 0 Å². The quantitative estimate of drug-likeness (QED) is 0.692. The largest absolute Gasteiger partial charge is 0.250 e. The van der Waals surface area contributed by atoms with Crippen LogP contribution in [0, 0.1) is 0 Å². The summed E-state index contributed by atoms with van der Waals surface area (Å²) in [4.78, 5) is 0. The third-order valence-electron chi connectivity index (χ3n) is 2.88. The second kappa shape index (κ2) is 4.82. The molecule has 0 N–H and O–H groups in total. The van der Waals surface area contributed by atoms with Crippen LogP contribution in [0.3, 0.4) is 0 Å². The molecule has 0 nitrogen and oxygen atoms in total. The van der Waals surface area contributed by atoms with Crippen molar-refractivity contribution in [1.82, 2.24) is 0 Å². The molecule has 0 radical (unpaired) electrons. The third-order valence-corrected chi connectivity index (χ3v) is 2.88. The molecule has 0 saturated carbocycles. The van der Waals surface area contributed by atoms with E-state index in [1.54, 1.807) is 0 Å². The molecular formula is C15H21F. The van der Waals surface area contributed by atoms with Gasteiger partial charge in [-0.1, -0.05) is 58.5 Å². The SMILES string of the molecule is C=Cc1cc(C(C)CF)cc(C(C)(C)C)c1. The molecule has 1 aromatic rings. The standard InChI is InChI=1S/C15H21F/c1-6-12-7-13(11(2)10-16)9-14(8-12)15(3,4)5/h6-9,11H,1,10H2,2-5H3. The average Bonchev–Trinajstić information content (AvgIpc) is 2.26. The summed E-state index contributed by atoms with van der Waals surface area (Å²) in [6.45, 7) is 11.9. The first-order valence-corrected chi connectivity index (χ1v) is 5.72. The molecule has 1 atom stereocenters. The molecule has 1 heteroatoms. The van der Waals surface area contributed by atoms with Gasteiger partial charge >= 0.3 is 0 Å². The zero-order valence-electron chi connectivity index (χ0n) is 10.7. The molecule has 1 unspecified atom stereocenters. The van der Waals surface area contributed by atoms with Crippen molar-refractivity contribution in [3.8, 4) is 0 Å². The van der Waals surface area contributed by atoms with Crippen molar-refractivity contribution in [1.29, 1.82) is 0 Å². The molecule has 1 rings (SSSR count). The fourth-order valence-corrected chi connectivity index (χ4v) is 1.60. The minimum Gasteiger partial charge on any atom is -0.250 e. The lowest BCUT2D eigenvalue weighted by Crippen LogP contribution is -2.12. The number of rotatable bonds is 3. The van der Waals surface area contributed by atoms with Crippen LogP contribution in [0.25, 0.3) is 6.08 Å². The Morgan fingerprint density at radius 2 is 1.94 bits per heavy atom. The smallest absolute Gasteiger partial charge is 0.0960 e. The molecule has 0 heterocycles. The summed E-state index contributed by atoms with van der Waals surface area (Å²) < 4.78 is 12.7. The topological polar surface area (TPSA) is 0 Å². The number of halogens is 1. The molecule has 88 valence electrons. The van der Waals surface area contributed by atoms with Crippen LogP contribution in [-0.4, -0.2) is 6.67 Å². The van der Waals surface area contributed by atoms with E-state index >= 15 is 0 Å². The molecule has 1 aromatic carbocycles. The maximum Gasteiger partial charge on any atom is 0.0960 e. The Hall–Kier alpha value is -1.11. The molecule has 0 aromatic heterocycles. The van der Waals surface area contributed by atoms with Crippen molar-refractivity contribution in [2.45, 2.75) is 39.0 Å². The molecule has 0 aliphatic carbocycles. The lowest BCUT2D eigenvalue weighted by atomic mass is 9.83. The van der Waals surface area contributed by atoms with Crippen molar-refractivity contribution >= 4 is 6.08 Å². The highest BCUT2D eigenvalue weighted by molar-refractivity contribution is 5.51. The molecule has 0 aliphatic rings. The third kappa shape index (κ3) is 2.94. The Morgan fingerprint density at radius 1 is 1.31 bits per heavy atom. The minimum atomic E-state index is -0.315. The molecule has 0 spiro atoms. The van der Waals surface area contributed by atoms with Gasteiger partial charge in [-0.15, -0.1) is 0 Å². The van der Waals surface area contributed by atoms with E-state index in [0.29, 0.717) is 0 Å². The van der Waals surface area contributed by atoms with Crippen molar-refractivity contribution < 1.29 is 4.39 Å². The van der Waals surface area contributed by atoms with Crippen molar-refractivity contribution in [3.63, 3.8) is 0 Å². The highest BCUT2D eigenvalue weighted by Gasteiger charge is 2.16. The van der Waals surface area contributed by atoms with E-state index in [9.17, 15) is 4.39 Å². The van der Waals surface area contributed by atoms with Crippen LogP contribution in [0.15, 0.2) is 24.8 Å². The summed E-state index contributed by atoms with van der Waals surface area (Å²) in [5.41, 5.74) is 3.46. The summed E-state index contributed by atoms with van der Waals surface area (Å²) in [6, 6.07) is 6.26. The molecule has 0 bridgehead atoms. The maximum absolute atomic E-state index is 12.7. The van der Waals surface area contributed by atoms with Crippen LogP contribution in [0.2, 0.25) is 0 Å². The van der Waals surface area contributed by atoms with Crippen LogP contribution >= 0.6 is 0 Å². The molecular weight excluding hydrogens is 199 g/mol. The van der Waals surface area contributed by atoms with Crippen LogP contribution in [-0.2, 0) is 5.41 Å². The Balaban J connectivity index is 3.26. The van der Waals surface area contributed by atoms with Gasteiger partial charge in [0.05, 0.1) is 6.67 Å². The van der Waals surface area contributed by atoms with Crippen LogP contribution in [0.4, 0.5) is 4.39 Å². The lowest BCUT2D eigenvalue weighted by molar-refractivity contribution is 0.446. The van der Waals surface area contributed by atoms with E-state index in [-0.39, 0.29) is 18.0 Å². The second-order valence-corrected chi connectivity index (χ2v) is 5.40. The maximum atomic E-state index is 12.7. The number of hydrogen-bond acceptors (Lipinski definition) is 0. The summed E-state index contributed by atoms with van der Waals surface area (Å²) >= 11 is 0. The van der Waals surface area contributed by atoms with E-state index in [1.165, 1.54) is 5.56 Å². The highest BCUT2D eigenvalue weighted by Crippen LogP contribution is 2.28. The van der Waals surface area contributed by atoms with Crippen molar-refractivity contribution in [2.75, 3.05) is 6.67 Å². The van der Waals surface area contributed by atoms with Crippen LogP contribution in [0.5, 0.6) is 0 Å². The van der Waals surface area contributed by atoms with Gasteiger partial charge in [0.2, 0.25) is 0 Å². The average molecular weight is 220 g/mol. The highest BCUT2D eigenvalue weighted by atomic mass is 19.1. The number of benzene rings is 1. The predicted molar refractivity (Wildman–Crippen MR) is 69.6 cm³/mol. The van der Waals surface area contributed by atoms with Crippen LogP contribution in [0.1, 0.15) is 50.3 Å². The zero-order chi connectivity index (χ0) is 12.3. The van der Waals surface area contributed by atoms with Gasteiger partial charge in [-0.25, -0.2) is 0 Å². The molecule has 16 heavy (non-hydrogen) atoms. The first-order valence-electron chi connectivity index (χ1n) is 5.72. The van der Waals surface area contributed by atoms with E-state index in [1.807, 2.05) is 19.1 Å². The first kappa shape index (κ1) is 13.0. The van der Waals surface area contributed by atoms with Gasteiger partial charge in [0, 0.05) is 5.92 Å². The fraction of sp³-hybridized carbons (Fsp3) is 0.467. The summed E-state index contributed by atoms with van der Waals surface area (Å²) in [6.07, 6.45) is 1.82. The summed E-state index contributed by atoms with van der Waals surface area (Å²) in [7, 11) is 0. The number of hydrogen-bond donors (Lipinski definition) is 0.